The molecule has 0 unspecified atom stereocenters. The number of anilines is 2. The van der Waals surface area contributed by atoms with Crippen LogP contribution in [0.15, 0.2) is 72.8 Å². The molecule has 3 atom stereocenters. The number of amides is 2. The van der Waals surface area contributed by atoms with E-state index in [1.54, 1.807) is 11.1 Å². The van der Waals surface area contributed by atoms with Gasteiger partial charge in [0.1, 0.15) is 11.7 Å². The van der Waals surface area contributed by atoms with Crippen molar-refractivity contribution >= 4 is 23.2 Å². The quantitative estimate of drug-likeness (QED) is 0.285. The Morgan fingerprint density at radius 2 is 1.65 bits per heavy atom. The number of fused-ring (bicyclic) bond motifs is 1. The zero-order valence-electron chi connectivity index (χ0n) is 20.8. The van der Waals surface area contributed by atoms with Crippen molar-refractivity contribution in [2.24, 2.45) is 5.92 Å². The summed E-state index contributed by atoms with van der Waals surface area (Å²) in [6.45, 7) is 4.98. The number of rotatable bonds is 9. The van der Waals surface area contributed by atoms with Crippen LogP contribution in [0.4, 0.5) is 15.8 Å². The molecule has 2 amide bonds. The first-order chi connectivity index (χ1) is 18.0. The largest absolute Gasteiger partial charge is 0.490 e. The molecule has 0 aromatic heterocycles. The van der Waals surface area contributed by atoms with Crippen molar-refractivity contribution in [1.82, 2.24) is 0 Å². The molecule has 7 nitrogen and oxygen atoms in total. The smallest absolute Gasteiger partial charge is 0.266 e. The molecule has 37 heavy (non-hydrogen) atoms. The van der Waals surface area contributed by atoms with Crippen molar-refractivity contribution in [3.63, 3.8) is 0 Å². The van der Waals surface area contributed by atoms with Crippen LogP contribution in [-0.4, -0.2) is 31.1 Å². The Morgan fingerprint density at radius 3 is 2.38 bits per heavy atom. The minimum absolute atomic E-state index is 0.0739. The maximum atomic E-state index is 14.6. The predicted molar refractivity (Wildman–Crippen MR) is 137 cm³/mol. The van der Waals surface area contributed by atoms with Crippen LogP contribution in [0.3, 0.4) is 0 Å². The van der Waals surface area contributed by atoms with Crippen LogP contribution in [0.2, 0.25) is 0 Å². The summed E-state index contributed by atoms with van der Waals surface area (Å²) in [7, 11) is 0. The van der Waals surface area contributed by atoms with Crippen LogP contribution in [0, 0.1) is 11.7 Å². The van der Waals surface area contributed by atoms with E-state index in [2.05, 4.69) is 6.92 Å². The van der Waals surface area contributed by atoms with Gasteiger partial charge >= 0.3 is 0 Å². The number of nitrogens with zero attached hydrogens (tertiary/aromatic N) is 2. The highest BCUT2D eigenvalue weighted by atomic mass is 19.1. The van der Waals surface area contributed by atoms with E-state index in [0.717, 1.165) is 23.3 Å². The summed E-state index contributed by atoms with van der Waals surface area (Å²) < 4.78 is 26.4. The highest BCUT2D eigenvalue weighted by Crippen LogP contribution is 2.49. The van der Waals surface area contributed by atoms with Gasteiger partial charge in [-0.05, 0) is 55.3 Å². The van der Waals surface area contributed by atoms with E-state index in [1.165, 1.54) is 18.2 Å². The number of ether oxygens (including phenoxy) is 2. The fourth-order valence-corrected chi connectivity index (χ4v) is 4.85. The van der Waals surface area contributed by atoms with Gasteiger partial charge in [0.05, 0.1) is 30.6 Å². The fraction of sp³-hybridized carbons (Fsp3) is 0.310. The van der Waals surface area contributed by atoms with Gasteiger partial charge in [0.15, 0.2) is 17.6 Å². The number of hydroxylamine groups is 1. The Morgan fingerprint density at radius 1 is 0.892 bits per heavy atom. The van der Waals surface area contributed by atoms with Crippen LogP contribution < -0.4 is 19.4 Å². The van der Waals surface area contributed by atoms with Gasteiger partial charge in [0, 0.05) is 0 Å². The summed E-state index contributed by atoms with van der Waals surface area (Å²) in [6.07, 6.45) is 0.830. The van der Waals surface area contributed by atoms with Gasteiger partial charge in [-0.1, -0.05) is 49.7 Å². The highest BCUT2D eigenvalue weighted by molar-refractivity contribution is 6.24. The van der Waals surface area contributed by atoms with E-state index in [0.29, 0.717) is 30.4 Å². The summed E-state index contributed by atoms with van der Waals surface area (Å²) >= 11 is 0. The van der Waals surface area contributed by atoms with Gasteiger partial charge in [0.25, 0.3) is 5.91 Å². The first-order valence-electron chi connectivity index (χ1n) is 12.6. The van der Waals surface area contributed by atoms with E-state index in [4.69, 9.17) is 14.3 Å². The van der Waals surface area contributed by atoms with Crippen LogP contribution in [0.5, 0.6) is 11.5 Å². The number of para-hydroxylation sites is 2. The maximum absolute atomic E-state index is 14.6. The Hall–Kier alpha value is -3.91. The minimum atomic E-state index is -1.09. The highest BCUT2D eigenvalue weighted by Gasteiger charge is 2.60. The monoisotopic (exact) mass is 504 g/mol. The van der Waals surface area contributed by atoms with Crippen LogP contribution >= 0.6 is 0 Å². The third kappa shape index (κ3) is 4.53. The van der Waals surface area contributed by atoms with Crippen molar-refractivity contribution in [2.75, 3.05) is 23.2 Å². The molecule has 0 radical (unpaired) electrons. The lowest BCUT2D eigenvalue weighted by Gasteiger charge is -2.29. The van der Waals surface area contributed by atoms with Gasteiger partial charge in [-0.3, -0.25) is 14.4 Å². The topological polar surface area (TPSA) is 68.3 Å². The molecule has 3 aromatic carbocycles. The molecule has 192 valence electrons. The Bertz CT molecular complexity index is 1280. The average molecular weight is 505 g/mol. The molecule has 8 heteroatoms. The van der Waals surface area contributed by atoms with E-state index in [9.17, 15) is 14.0 Å². The van der Waals surface area contributed by atoms with Gasteiger partial charge in [-0.2, -0.15) is 0 Å². The zero-order chi connectivity index (χ0) is 25.9. The number of unbranched alkanes of at least 4 members (excludes halogenated alkanes) is 1. The van der Waals surface area contributed by atoms with E-state index >= 15 is 0 Å². The molecule has 2 heterocycles. The molecule has 3 aromatic rings. The molecular formula is C29H29FN2O5. The van der Waals surface area contributed by atoms with Gasteiger partial charge < -0.3 is 9.47 Å². The number of hydrogen-bond donors (Lipinski definition) is 0. The molecule has 2 aliphatic heterocycles. The molecular weight excluding hydrogens is 475 g/mol. The number of halogens is 1. The summed E-state index contributed by atoms with van der Waals surface area (Å²) in [5.41, 5.74) is 1.34. The first-order valence-corrected chi connectivity index (χ1v) is 12.6. The Kier molecular flexibility index (Phi) is 7.10. The number of benzene rings is 3. The number of carbonyl (C=O) groups excluding carboxylic acids is 2. The lowest BCUT2D eigenvalue weighted by molar-refractivity contribution is -0.126. The third-order valence-electron chi connectivity index (χ3n) is 6.58. The first kappa shape index (κ1) is 24.8. The molecule has 5 rings (SSSR count). The number of carbonyl (C=O) groups is 2. The molecule has 0 saturated carbocycles. The molecule has 0 spiro atoms. The molecule has 2 fully saturated rings. The van der Waals surface area contributed by atoms with E-state index in [1.807, 2.05) is 55.5 Å². The molecule has 0 bridgehead atoms. The normalized spacial score (nSPS) is 20.9. The number of hydrogen-bond acceptors (Lipinski definition) is 6. The summed E-state index contributed by atoms with van der Waals surface area (Å²) in [5, 5.41) is 1.60. The van der Waals surface area contributed by atoms with Crippen molar-refractivity contribution in [2.45, 2.75) is 38.8 Å². The molecule has 0 N–H and O–H groups in total. The second-order valence-electron chi connectivity index (χ2n) is 8.96. The number of imide groups is 1. The lowest BCUT2D eigenvalue weighted by atomic mass is 9.90. The van der Waals surface area contributed by atoms with Crippen molar-refractivity contribution in [3.05, 3.63) is 84.2 Å². The van der Waals surface area contributed by atoms with E-state index < -0.39 is 35.7 Å². The van der Waals surface area contributed by atoms with Gasteiger partial charge in [0.2, 0.25) is 5.91 Å². The minimum Gasteiger partial charge on any atom is -0.490 e. The second-order valence-corrected chi connectivity index (χ2v) is 8.96. The standard InChI is InChI=1S/C29H29FN2O5/c1-3-5-17-36-23-16-15-19(18-24(23)35-4-2)26-25-27(37-32(26)20-11-7-6-8-12-20)29(34)31(28(25)33)22-14-10-9-13-21(22)30/h6-16,18,25-27H,3-5,17H2,1-2H3/t25-,26-,27-/m1/s1. The third-order valence-corrected chi connectivity index (χ3v) is 6.58. The van der Waals surface area contributed by atoms with Crippen LogP contribution in [0.25, 0.3) is 0 Å². The predicted octanol–water partition coefficient (Wildman–Crippen LogP) is 5.45. The molecule has 2 aliphatic rings. The molecule has 0 aliphatic carbocycles. The zero-order valence-corrected chi connectivity index (χ0v) is 20.8. The second kappa shape index (κ2) is 10.6. The fourth-order valence-electron chi connectivity index (χ4n) is 4.85. The van der Waals surface area contributed by atoms with Gasteiger partial charge in [-0.15, -0.1) is 0 Å². The van der Waals surface area contributed by atoms with Crippen molar-refractivity contribution < 1.29 is 28.3 Å². The lowest BCUT2D eigenvalue weighted by Crippen LogP contribution is -2.37. The van der Waals surface area contributed by atoms with Crippen molar-refractivity contribution in [1.29, 1.82) is 0 Å². The van der Waals surface area contributed by atoms with Crippen LogP contribution in [-0.2, 0) is 14.4 Å². The van der Waals surface area contributed by atoms with Crippen molar-refractivity contribution in [3.8, 4) is 11.5 Å². The summed E-state index contributed by atoms with van der Waals surface area (Å²) in [5.74, 6) is -1.46. The maximum Gasteiger partial charge on any atom is 0.266 e. The average Bonchev–Trinajstić information content (AvgIpc) is 3.42. The SMILES string of the molecule is CCCCOc1ccc([C@@H]2[C@H]3C(=O)N(c4ccccc4F)C(=O)[C@@H]3ON2c2ccccc2)cc1OCC. The van der Waals surface area contributed by atoms with E-state index in [-0.39, 0.29) is 5.69 Å². The Balaban J connectivity index is 1.56. The van der Waals surface area contributed by atoms with Crippen LogP contribution in [0.1, 0.15) is 38.3 Å². The summed E-state index contributed by atoms with van der Waals surface area (Å²) in [6, 6.07) is 19.9. The van der Waals surface area contributed by atoms with Gasteiger partial charge in [-0.25, -0.2) is 14.4 Å². The summed E-state index contributed by atoms with van der Waals surface area (Å²) in [4.78, 5) is 34.2. The molecule has 2 saturated heterocycles. The Labute approximate surface area is 215 Å².